The van der Waals surface area contributed by atoms with Crippen LogP contribution in [0.4, 0.5) is 0 Å². The van der Waals surface area contributed by atoms with Gasteiger partial charge in [0, 0.05) is 51.0 Å². The molecule has 56 heavy (non-hydrogen) atoms. The Balaban J connectivity index is 1.44. The van der Waals surface area contributed by atoms with Crippen LogP contribution < -0.4 is 4.74 Å². The van der Waals surface area contributed by atoms with Gasteiger partial charge in [-0.3, -0.25) is 4.57 Å². The maximum Gasteiger partial charge on any atom is 0.137 e. The summed E-state index contributed by atoms with van der Waals surface area (Å²) in [6, 6.07) is 37.1. The van der Waals surface area contributed by atoms with Gasteiger partial charge < -0.3 is 4.74 Å². The van der Waals surface area contributed by atoms with E-state index in [1.165, 1.54) is 38.7 Å². The Hall–Kier alpha value is -5.16. The van der Waals surface area contributed by atoms with Gasteiger partial charge in [0.1, 0.15) is 17.3 Å². The summed E-state index contributed by atoms with van der Waals surface area (Å²) >= 11 is 0. The molecule has 0 spiro atoms. The molecule has 5 heteroatoms. The van der Waals surface area contributed by atoms with Gasteiger partial charge in [0.2, 0.25) is 0 Å². The van der Waals surface area contributed by atoms with Gasteiger partial charge in [0.05, 0.1) is 22.4 Å². The van der Waals surface area contributed by atoms with Crippen LogP contribution in [0.2, 0.25) is 0 Å². The molecule has 3 aromatic heterocycles. The minimum absolute atomic E-state index is 0.00840. The third-order valence-corrected chi connectivity index (χ3v) is 11.2. The van der Waals surface area contributed by atoms with Gasteiger partial charge in [-0.15, -0.1) is 0 Å². The lowest BCUT2D eigenvalue weighted by molar-refractivity contribution is 0.478. The number of rotatable bonds is 6. The topological polar surface area (TPSA) is 44.9 Å². The largest absolute Gasteiger partial charge is 0.457 e. The van der Waals surface area contributed by atoms with Gasteiger partial charge in [-0.05, 0) is 81.6 Å². The Kier molecular flexibility index (Phi) is 9.42. The zero-order chi connectivity index (χ0) is 40.6. The van der Waals surface area contributed by atoms with Crippen molar-refractivity contribution in [3.8, 4) is 23.0 Å². The van der Waals surface area contributed by atoms with Crippen LogP contribution in [0, 0.1) is 0 Å². The third kappa shape index (κ3) is 7.29. The first-order valence-corrected chi connectivity index (χ1v) is 20.1. The van der Waals surface area contributed by atoms with E-state index in [0.29, 0.717) is 0 Å². The minimum atomic E-state index is -0.220. The van der Waals surface area contributed by atoms with Gasteiger partial charge in [-0.2, -0.15) is 5.10 Å². The smallest absolute Gasteiger partial charge is 0.137 e. The normalized spacial score (nSPS) is 13.2. The predicted octanol–water partition coefficient (Wildman–Crippen LogP) is 13.7. The maximum absolute atomic E-state index is 6.91. The van der Waals surface area contributed by atoms with Crippen molar-refractivity contribution >= 4 is 21.8 Å². The Morgan fingerprint density at radius 2 is 1.23 bits per heavy atom. The fourth-order valence-electron chi connectivity index (χ4n) is 7.73. The second-order valence-electron chi connectivity index (χ2n) is 20.3. The molecule has 4 aromatic carbocycles. The van der Waals surface area contributed by atoms with E-state index in [2.05, 4.69) is 203 Å². The molecule has 0 aliphatic heterocycles. The molecule has 0 N–H and O–H groups in total. The van der Waals surface area contributed by atoms with Crippen LogP contribution in [0.25, 0.3) is 33.3 Å². The monoisotopic (exact) mass is 744 g/mol. The first-order valence-electron chi connectivity index (χ1n) is 20.1. The van der Waals surface area contributed by atoms with Crippen molar-refractivity contribution in [3.63, 3.8) is 0 Å². The number of pyridine rings is 1. The molecular formula is C51H60N4O. The van der Waals surface area contributed by atoms with Gasteiger partial charge >= 0.3 is 0 Å². The highest BCUT2D eigenvalue weighted by atomic mass is 16.5. The number of nitrogens with zero attached hydrogens (tertiary/aromatic N) is 4. The van der Waals surface area contributed by atoms with E-state index >= 15 is 0 Å². The fraction of sp³-hybridized carbons (Fsp3) is 0.373. The van der Waals surface area contributed by atoms with Gasteiger partial charge in [0.25, 0.3) is 0 Å². The first kappa shape index (κ1) is 39.1. The highest BCUT2D eigenvalue weighted by Crippen LogP contribution is 2.44. The Morgan fingerprint density at radius 3 is 1.88 bits per heavy atom. The van der Waals surface area contributed by atoms with Crippen molar-refractivity contribution in [2.45, 2.75) is 124 Å². The molecule has 0 saturated heterocycles. The van der Waals surface area contributed by atoms with E-state index in [1.54, 1.807) is 0 Å². The molecule has 290 valence electrons. The first-order chi connectivity index (χ1) is 26.0. The summed E-state index contributed by atoms with van der Waals surface area (Å²) in [5, 5.41) is 7.60. The zero-order valence-electron chi connectivity index (χ0n) is 36.1. The molecule has 0 aliphatic rings. The average molecular weight is 745 g/mol. The molecule has 5 nitrogen and oxygen atoms in total. The van der Waals surface area contributed by atoms with Crippen LogP contribution in [0.15, 0.2) is 109 Å². The van der Waals surface area contributed by atoms with E-state index < -0.39 is 0 Å². The summed E-state index contributed by atoms with van der Waals surface area (Å²) in [5.74, 6) is 2.43. The molecule has 7 aromatic rings. The lowest BCUT2D eigenvalue weighted by Crippen LogP contribution is -2.19. The van der Waals surface area contributed by atoms with Crippen LogP contribution in [-0.2, 0) is 27.1 Å². The second-order valence-corrected chi connectivity index (χ2v) is 20.3. The van der Waals surface area contributed by atoms with E-state index in [1.807, 2.05) is 12.3 Å². The van der Waals surface area contributed by atoms with Crippen LogP contribution in [0.1, 0.15) is 131 Å². The van der Waals surface area contributed by atoms with Crippen molar-refractivity contribution < 1.29 is 4.74 Å². The lowest BCUT2D eigenvalue weighted by atomic mass is 9.78. The molecule has 0 atom stereocenters. The summed E-state index contributed by atoms with van der Waals surface area (Å²) in [6.45, 7) is 31.7. The Bertz CT molecular complexity index is 2560. The SMILES string of the molecule is CC(C)(C)c1ccc2c(c1)c1c(C(C)(C)C)cc(Oc3cccc(-n4nc(C(C)(C)C)cc4C(C)(C)C)c3)cc1n2-c1cc(C(C)(C)c2ccccc2)ccn1. The molecule has 0 aliphatic carbocycles. The van der Waals surface area contributed by atoms with Crippen molar-refractivity contribution in [1.29, 1.82) is 0 Å². The van der Waals surface area contributed by atoms with Crippen molar-refractivity contribution in [1.82, 2.24) is 19.3 Å². The summed E-state index contributed by atoms with van der Waals surface area (Å²) in [4.78, 5) is 5.07. The summed E-state index contributed by atoms with van der Waals surface area (Å²) in [5.41, 5.74) is 9.84. The molecule has 0 radical (unpaired) electrons. The van der Waals surface area contributed by atoms with E-state index in [0.717, 1.165) is 39.7 Å². The predicted molar refractivity (Wildman–Crippen MR) is 236 cm³/mol. The highest BCUT2D eigenvalue weighted by Gasteiger charge is 2.29. The average Bonchev–Trinajstić information content (AvgIpc) is 3.72. The summed E-state index contributed by atoms with van der Waals surface area (Å²) in [7, 11) is 0. The second kappa shape index (κ2) is 13.5. The van der Waals surface area contributed by atoms with E-state index in [-0.39, 0.29) is 27.1 Å². The van der Waals surface area contributed by atoms with Crippen molar-refractivity contribution in [3.05, 3.63) is 143 Å². The van der Waals surface area contributed by atoms with Crippen molar-refractivity contribution in [2.75, 3.05) is 0 Å². The van der Waals surface area contributed by atoms with Crippen molar-refractivity contribution in [2.24, 2.45) is 0 Å². The summed E-state index contributed by atoms with van der Waals surface area (Å²) in [6.07, 6.45) is 1.96. The van der Waals surface area contributed by atoms with E-state index in [4.69, 9.17) is 14.8 Å². The van der Waals surface area contributed by atoms with Crippen LogP contribution in [-0.4, -0.2) is 19.3 Å². The van der Waals surface area contributed by atoms with Crippen LogP contribution in [0.5, 0.6) is 11.5 Å². The number of aromatic nitrogens is 4. The molecule has 7 rings (SSSR count). The van der Waals surface area contributed by atoms with Gasteiger partial charge in [0.15, 0.2) is 0 Å². The number of ether oxygens (including phenoxy) is 1. The van der Waals surface area contributed by atoms with E-state index in [9.17, 15) is 0 Å². The summed E-state index contributed by atoms with van der Waals surface area (Å²) < 4.78 is 11.3. The Labute approximate surface area is 334 Å². The molecule has 0 bridgehead atoms. The zero-order valence-corrected chi connectivity index (χ0v) is 36.1. The fourth-order valence-corrected chi connectivity index (χ4v) is 7.73. The maximum atomic E-state index is 6.91. The molecule has 0 amide bonds. The van der Waals surface area contributed by atoms with Gasteiger partial charge in [-0.25, -0.2) is 9.67 Å². The van der Waals surface area contributed by atoms with Crippen LogP contribution >= 0.6 is 0 Å². The molecule has 0 fully saturated rings. The number of benzene rings is 4. The number of hydrogen-bond acceptors (Lipinski definition) is 3. The molecule has 3 heterocycles. The number of hydrogen-bond donors (Lipinski definition) is 0. The highest BCUT2D eigenvalue weighted by molar-refractivity contribution is 6.12. The lowest BCUT2D eigenvalue weighted by Gasteiger charge is -2.26. The van der Waals surface area contributed by atoms with Crippen LogP contribution in [0.3, 0.4) is 0 Å². The standard InChI is InChI=1S/C51H60N4O/c1-47(2,3)34-23-24-41-39(27-34)46-40(48(4,5)6)30-38(31-42(46)54(41)45-28-35(25-26-52-45)51(13,14)33-19-16-15-17-20-33)56-37-22-18-21-36(29-37)55-44(50(10,11)12)32-43(53-55)49(7,8)9/h15-32H,1-14H3. The molecular weight excluding hydrogens is 685 g/mol. The Morgan fingerprint density at radius 1 is 0.518 bits per heavy atom. The third-order valence-electron chi connectivity index (χ3n) is 11.2. The van der Waals surface area contributed by atoms with Gasteiger partial charge in [-0.1, -0.05) is 139 Å². The molecule has 0 unspecified atom stereocenters. The molecule has 0 saturated carbocycles. The quantitative estimate of drug-likeness (QED) is 0.170. The minimum Gasteiger partial charge on any atom is -0.457 e. The number of fused-ring (bicyclic) bond motifs is 3.